The minimum absolute atomic E-state index is 0.654. The standard InChI is InChI=1S/C7H6Br2ClNO/c8-7(9,10)6(12)5-2-1-3-11-4-5/h1-4,6,12H. The second-order valence-electron chi connectivity index (χ2n) is 2.23. The number of halogens is 3. The third kappa shape index (κ3) is 2.69. The van der Waals surface area contributed by atoms with Crippen LogP contribution in [0.15, 0.2) is 24.5 Å². The first-order valence-corrected chi connectivity index (χ1v) is 5.13. The fourth-order valence-corrected chi connectivity index (χ4v) is 1.38. The molecule has 12 heavy (non-hydrogen) atoms. The van der Waals surface area contributed by atoms with Gasteiger partial charge in [-0.1, -0.05) is 49.5 Å². The Balaban J connectivity index is 2.86. The van der Waals surface area contributed by atoms with Gasteiger partial charge in [-0.2, -0.15) is 0 Å². The number of rotatable bonds is 2. The first kappa shape index (κ1) is 10.4. The van der Waals surface area contributed by atoms with Crippen molar-refractivity contribution in [1.82, 2.24) is 4.98 Å². The van der Waals surface area contributed by atoms with E-state index in [4.69, 9.17) is 11.6 Å². The zero-order valence-electron chi connectivity index (χ0n) is 5.92. The summed E-state index contributed by atoms with van der Waals surface area (Å²) in [6.45, 7) is 0. The normalized spacial score (nSPS) is 14.3. The average molecular weight is 315 g/mol. The van der Waals surface area contributed by atoms with Crippen LogP contribution in [0.5, 0.6) is 0 Å². The lowest BCUT2D eigenvalue weighted by molar-refractivity contribution is 0.189. The van der Waals surface area contributed by atoms with Gasteiger partial charge in [-0.3, -0.25) is 4.98 Å². The number of aromatic nitrogens is 1. The van der Waals surface area contributed by atoms with Crippen molar-refractivity contribution in [2.24, 2.45) is 0 Å². The molecule has 66 valence electrons. The van der Waals surface area contributed by atoms with E-state index in [1.807, 2.05) is 0 Å². The Labute approximate surface area is 92.2 Å². The van der Waals surface area contributed by atoms with Crippen LogP contribution in [-0.4, -0.2) is 12.8 Å². The summed E-state index contributed by atoms with van der Waals surface area (Å²) < 4.78 is -1.02. The summed E-state index contributed by atoms with van der Waals surface area (Å²) in [6.07, 6.45) is 2.35. The van der Waals surface area contributed by atoms with E-state index in [1.165, 1.54) is 0 Å². The molecule has 1 rings (SSSR count). The van der Waals surface area contributed by atoms with E-state index in [-0.39, 0.29) is 0 Å². The van der Waals surface area contributed by atoms with Gasteiger partial charge < -0.3 is 5.11 Å². The largest absolute Gasteiger partial charge is 0.385 e. The Bertz CT molecular complexity index is 249. The number of nitrogens with zero attached hydrogens (tertiary/aromatic N) is 1. The van der Waals surface area contributed by atoms with Crippen LogP contribution >= 0.6 is 43.5 Å². The highest BCUT2D eigenvalue weighted by Crippen LogP contribution is 2.42. The number of alkyl halides is 3. The van der Waals surface area contributed by atoms with Crippen LogP contribution in [0.25, 0.3) is 0 Å². The molecule has 1 atom stereocenters. The lowest BCUT2D eigenvalue weighted by Gasteiger charge is -2.19. The van der Waals surface area contributed by atoms with Crippen LogP contribution in [0.1, 0.15) is 11.7 Å². The van der Waals surface area contributed by atoms with Crippen LogP contribution in [-0.2, 0) is 0 Å². The monoisotopic (exact) mass is 313 g/mol. The van der Waals surface area contributed by atoms with Gasteiger partial charge in [0.05, 0.1) is 0 Å². The molecule has 0 spiro atoms. The molecule has 0 saturated heterocycles. The van der Waals surface area contributed by atoms with Gasteiger partial charge >= 0.3 is 0 Å². The topological polar surface area (TPSA) is 33.1 Å². The van der Waals surface area contributed by atoms with Gasteiger partial charge in [-0.25, -0.2) is 0 Å². The van der Waals surface area contributed by atoms with E-state index in [0.717, 1.165) is 0 Å². The minimum atomic E-state index is -1.02. The lowest BCUT2D eigenvalue weighted by atomic mass is 10.2. The quantitative estimate of drug-likeness (QED) is 0.851. The van der Waals surface area contributed by atoms with Crippen molar-refractivity contribution in [1.29, 1.82) is 0 Å². The predicted octanol–water partition coefficient (Wildman–Crippen LogP) is 2.80. The fourth-order valence-electron chi connectivity index (χ4n) is 0.727. The molecule has 0 saturated carbocycles. The van der Waals surface area contributed by atoms with E-state index < -0.39 is 8.80 Å². The van der Waals surface area contributed by atoms with Gasteiger partial charge in [-0.05, 0) is 6.07 Å². The van der Waals surface area contributed by atoms with E-state index in [0.29, 0.717) is 5.56 Å². The average Bonchev–Trinajstić information content (AvgIpc) is 2.03. The van der Waals surface area contributed by atoms with Gasteiger partial charge in [0.1, 0.15) is 6.10 Å². The van der Waals surface area contributed by atoms with Crippen molar-refractivity contribution >= 4 is 43.5 Å². The summed E-state index contributed by atoms with van der Waals surface area (Å²) >= 11 is 11.9. The van der Waals surface area contributed by atoms with Gasteiger partial charge in [0, 0.05) is 18.0 Å². The van der Waals surface area contributed by atoms with Crippen molar-refractivity contribution in [3.8, 4) is 0 Å². The molecule has 5 heteroatoms. The van der Waals surface area contributed by atoms with Crippen molar-refractivity contribution in [3.63, 3.8) is 0 Å². The summed E-state index contributed by atoms with van der Waals surface area (Å²) in [5, 5.41) is 9.59. The zero-order valence-corrected chi connectivity index (χ0v) is 9.84. The predicted molar refractivity (Wildman–Crippen MR) is 55.6 cm³/mol. The highest BCUT2D eigenvalue weighted by molar-refractivity contribution is 9.26. The van der Waals surface area contributed by atoms with Crippen LogP contribution in [0, 0.1) is 0 Å². The van der Waals surface area contributed by atoms with Crippen LogP contribution in [0.3, 0.4) is 0 Å². The van der Waals surface area contributed by atoms with Crippen molar-refractivity contribution in [3.05, 3.63) is 30.1 Å². The molecule has 2 nitrogen and oxygen atoms in total. The van der Waals surface area contributed by atoms with E-state index in [9.17, 15) is 5.11 Å². The molecule has 0 fully saturated rings. The third-order valence-corrected chi connectivity index (χ3v) is 2.38. The SMILES string of the molecule is OC(c1cccnc1)C(Cl)(Br)Br. The van der Waals surface area contributed by atoms with E-state index >= 15 is 0 Å². The number of hydrogen-bond donors (Lipinski definition) is 1. The Morgan fingerprint density at radius 1 is 1.58 bits per heavy atom. The molecule has 0 bridgehead atoms. The number of aliphatic hydroxyl groups excluding tert-OH is 1. The molecule has 0 aliphatic carbocycles. The second-order valence-corrected chi connectivity index (χ2v) is 7.31. The number of aliphatic hydroxyl groups is 1. The molecule has 0 radical (unpaired) electrons. The van der Waals surface area contributed by atoms with Crippen LogP contribution in [0.2, 0.25) is 0 Å². The summed E-state index contributed by atoms with van der Waals surface area (Å²) in [4.78, 5) is 3.86. The van der Waals surface area contributed by atoms with E-state index in [2.05, 4.69) is 36.8 Å². The maximum absolute atomic E-state index is 9.59. The van der Waals surface area contributed by atoms with E-state index in [1.54, 1.807) is 24.5 Å². The summed E-state index contributed by atoms with van der Waals surface area (Å²) in [6, 6.07) is 3.48. The molecule has 0 aliphatic rings. The van der Waals surface area contributed by atoms with Crippen molar-refractivity contribution in [2.75, 3.05) is 0 Å². The lowest BCUT2D eigenvalue weighted by Crippen LogP contribution is -2.15. The van der Waals surface area contributed by atoms with Crippen molar-refractivity contribution in [2.45, 2.75) is 8.80 Å². The van der Waals surface area contributed by atoms with Gasteiger partial charge in [0.15, 0.2) is 2.69 Å². The van der Waals surface area contributed by atoms with Crippen LogP contribution in [0.4, 0.5) is 0 Å². The third-order valence-electron chi connectivity index (χ3n) is 1.31. The Morgan fingerprint density at radius 3 is 2.67 bits per heavy atom. The molecule has 0 aromatic carbocycles. The minimum Gasteiger partial charge on any atom is -0.385 e. The van der Waals surface area contributed by atoms with Crippen LogP contribution < -0.4 is 0 Å². The van der Waals surface area contributed by atoms with Gasteiger partial charge in [-0.15, -0.1) is 0 Å². The summed E-state index contributed by atoms with van der Waals surface area (Å²) in [5.41, 5.74) is 0.654. The molecule has 1 heterocycles. The highest BCUT2D eigenvalue weighted by atomic mass is 79.9. The number of pyridine rings is 1. The Kier molecular flexibility index (Phi) is 3.52. The van der Waals surface area contributed by atoms with Gasteiger partial charge in [0.25, 0.3) is 0 Å². The molecule has 1 N–H and O–H groups in total. The molecular weight excluding hydrogens is 309 g/mol. The van der Waals surface area contributed by atoms with Gasteiger partial charge in [0.2, 0.25) is 0 Å². The molecular formula is C7H6Br2ClNO. The first-order chi connectivity index (χ1) is 5.52. The Morgan fingerprint density at radius 2 is 2.25 bits per heavy atom. The Hall–Kier alpha value is 0.360. The maximum atomic E-state index is 9.59. The summed E-state index contributed by atoms with van der Waals surface area (Å²) in [7, 11) is 0. The van der Waals surface area contributed by atoms with Crippen molar-refractivity contribution < 1.29 is 5.11 Å². The second kappa shape index (κ2) is 4.05. The maximum Gasteiger partial charge on any atom is 0.183 e. The summed E-state index contributed by atoms with van der Waals surface area (Å²) in [5.74, 6) is 0. The molecule has 0 amide bonds. The highest BCUT2D eigenvalue weighted by Gasteiger charge is 2.30. The zero-order chi connectivity index (χ0) is 9.19. The first-order valence-electron chi connectivity index (χ1n) is 3.16. The number of hydrogen-bond acceptors (Lipinski definition) is 2. The molecule has 0 aliphatic heterocycles. The molecule has 1 aromatic heterocycles. The smallest absolute Gasteiger partial charge is 0.183 e. The molecule has 1 aromatic rings. The fraction of sp³-hybridized carbons (Fsp3) is 0.286. The molecule has 1 unspecified atom stereocenters.